The molecular formula is C10H14N2O4S2. The van der Waals surface area contributed by atoms with Crippen LogP contribution >= 0.6 is 0 Å². The van der Waals surface area contributed by atoms with E-state index in [0.29, 0.717) is 5.69 Å². The van der Waals surface area contributed by atoms with Crippen molar-refractivity contribution in [2.45, 2.75) is 17.7 Å². The lowest BCUT2D eigenvalue weighted by molar-refractivity contribution is 0.596. The summed E-state index contributed by atoms with van der Waals surface area (Å²) in [7, 11) is -7.10. The number of primary sulfonamides is 1. The van der Waals surface area contributed by atoms with E-state index in [4.69, 9.17) is 5.14 Å². The van der Waals surface area contributed by atoms with Gasteiger partial charge in [-0.15, -0.1) is 0 Å². The van der Waals surface area contributed by atoms with Gasteiger partial charge in [-0.2, -0.15) is 0 Å². The third-order valence-electron chi connectivity index (χ3n) is 2.61. The van der Waals surface area contributed by atoms with Gasteiger partial charge in [0.05, 0.1) is 10.6 Å². The maximum absolute atomic E-state index is 11.7. The molecule has 6 nitrogen and oxygen atoms in total. The average molecular weight is 290 g/mol. The number of rotatable bonds is 5. The molecule has 2 rings (SSSR count). The van der Waals surface area contributed by atoms with E-state index in [0.717, 1.165) is 12.8 Å². The lowest BCUT2D eigenvalue weighted by Crippen LogP contribution is -2.18. The van der Waals surface area contributed by atoms with Gasteiger partial charge in [0, 0.05) is 5.69 Å². The van der Waals surface area contributed by atoms with E-state index in [1.807, 2.05) is 0 Å². The number of nitrogens with one attached hydrogen (secondary N) is 1. The summed E-state index contributed by atoms with van der Waals surface area (Å²) in [4.78, 5) is -0.0485. The van der Waals surface area contributed by atoms with Gasteiger partial charge in [-0.05, 0) is 43.0 Å². The second-order valence-corrected chi connectivity index (χ2v) is 7.72. The van der Waals surface area contributed by atoms with E-state index in [-0.39, 0.29) is 16.6 Å². The van der Waals surface area contributed by atoms with Gasteiger partial charge in [-0.3, -0.25) is 4.72 Å². The fraction of sp³-hybridized carbons (Fsp3) is 0.400. The number of anilines is 1. The fourth-order valence-corrected chi connectivity index (χ4v) is 3.58. The predicted octanol–water partition coefficient (Wildman–Crippen LogP) is 0.486. The van der Waals surface area contributed by atoms with Crippen molar-refractivity contribution in [1.82, 2.24) is 0 Å². The first-order chi connectivity index (χ1) is 8.26. The number of hydrogen-bond acceptors (Lipinski definition) is 4. The summed E-state index contributed by atoms with van der Waals surface area (Å²) >= 11 is 0. The monoisotopic (exact) mass is 290 g/mol. The molecule has 1 aromatic rings. The Morgan fingerprint density at radius 1 is 1.11 bits per heavy atom. The molecule has 0 amide bonds. The number of benzene rings is 1. The molecule has 1 saturated carbocycles. The van der Waals surface area contributed by atoms with Gasteiger partial charge >= 0.3 is 0 Å². The minimum atomic E-state index is -3.75. The van der Waals surface area contributed by atoms with Crippen molar-refractivity contribution in [1.29, 1.82) is 0 Å². The molecule has 1 aliphatic rings. The molecule has 18 heavy (non-hydrogen) atoms. The van der Waals surface area contributed by atoms with Crippen LogP contribution in [0.1, 0.15) is 12.8 Å². The van der Waals surface area contributed by atoms with Crippen LogP contribution in [0.2, 0.25) is 0 Å². The molecule has 0 heterocycles. The van der Waals surface area contributed by atoms with Gasteiger partial charge in [-0.1, -0.05) is 0 Å². The lowest BCUT2D eigenvalue weighted by atomic mass is 10.3. The van der Waals surface area contributed by atoms with Crippen LogP contribution in [0.5, 0.6) is 0 Å². The zero-order chi connectivity index (χ0) is 13.4. The molecular weight excluding hydrogens is 276 g/mol. The Morgan fingerprint density at radius 3 is 2.11 bits per heavy atom. The minimum absolute atomic E-state index is 0.0485. The topological polar surface area (TPSA) is 106 Å². The van der Waals surface area contributed by atoms with Gasteiger partial charge < -0.3 is 0 Å². The zero-order valence-corrected chi connectivity index (χ0v) is 11.2. The zero-order valence-electron chi connectivity index (χ0n) is 9.53. The highest BCUT2D eigenvalue weighted by molar-refractivity contribution is 7.92. The molecule has 8 heteroatoms. The molecule has 1 fully saturated rings. The number of hydrogen-bond donors (Lipinski definition) is 2. The molecule has 0 spiro atoms. The van der Waals surface area contributed by atoms with Gasteiger partial charge in [-0.25, -0.2) is 22.0 Å². The van der Waals surface area contributed by atoms with Crippen molar-refractivity contribution in [3.05, 3.63) is 24.3 Å². The smallest absolute Gasteiger partial charge is 0.238 e. The number of sulfonamides is 2. The molecule has 0 atom stereocenters. The third-order valence-corrected chi connectivity index (χ3v) is 4.99. The summed E-state index contributed by atoms with van der Waals surface area (Å²) < 4.78 is 47.8. The molecule has 1 aromatic carbocycles. The largest absolute Gasteiger partial charge is 0.284 e. The van der Waals surface area contributed by atoms with Crippen LogP contribution in [0.15, 0.2) is 29.2 Å². The highest BCUT2D eigenvalue weighted by Crippen LogP contribution is 2.30. The van der Waals surface area contributed by atoms with Crippen molar-refractivity contribution in [3.63, 3.8) is 0 Å². The fourth-order valence-electron chi connectivity index (χ4n) is 1.53. The Balaban J connectivity index is 2.10. The SMILES string of the molecule is NS(=O)(=O)c1ccc(NS(=O)(=O)CC2CC2)cc1. The standard InChI is InChI=1S/C10H14N2O4S2/c11-18(15,16)10-5-3-9(4-6-10)12-17(13,14)7-8-1-2-8/h3-6,8,12H,1-2,7H2,(H2,11,15,16). The van der Waals surface area contributed by atoms with E-state index in [1.54, 1.807) is 0 Å². The Morgan fingerprint density at radius 2 is 1.67 bits per heavy atom. The third kappa shape index (κ3) is 3.69. The Hall–Kier alpha value is -1.12. The summed E-state index contributed by atoms with van der Waals surface area (Å²) in [5.41, 5.74) is 0.336. The second kappa shape index (κ2) is 4.52. The van der Waals surface area contributed by atoms with E-state index in [9.17, 15) is 16.8 Å². The highest BCUT2D eigenvalue weighted by atomic mass is 32.2. The molecule has 1 aliphatic carbocycles. The van der Waals surface area contributed by atoms with Crippen LogP contribution in [0.25, 0.3) is 0 Å². The molecule has 100 valence electrons. The average Bonchev–Trinajstić information content (AvgIpc) is 2.99. The van der Waals surface area contributed by atoms with Crippen molar-refractivity contribution >= 4 is 25.7 Å². The van der Waals surface area contributed by atoms with Gasteiger partial charge in [0.15, 0.2) is 0 Å². The molecule has 0 unspecified atom stereocenters. The Kier molecular flexibility index (Phi) is 3.35. The highest BCUT2D eigenvalue weighted by Gasteiger charge is 2.27. The maximum atomic E-state index is 11.7. The van der Waals surface area contributed by atoms with Gasteiger partial charge in [0.2, 0.25) is 20.0 Å². The normalized spacial score (nSPS) is 16.5. The number of nitrogens with two attached hydrogens (primary N) is 1. The van der Waals surface area contributed by atoms with Crippen LogP contribution in [-0.4, -0.2) is 22.6 Å². The molecule has 0 aromatic heterocycles. The maximum Gasteiger partial charge on any atom is 0.238 e. The van der Waals surface area contributed by atoms with Crippen LogP contribution in [0.3, 0.4) is 0 Å². The van der Waals surface area contributed by atoms with E-state index >= 15 is 0 Å². The van der Waals surface area contributed by atoms with Crippen LogP contribution in [0.4, 0.5) is 5.69 Å². The van der Waals surface area contributed by atoms with Crippen molar-refractivity contribution in [2.75, 3.05) is 10.5 Å². The molecule has 0 saturated heterocycles. The van der Waals surface area contributed by atoms with Crippen molar-refractivity contribution < 1.29 is 16.8 Å². The van der Waals surface area contributed by atoms with E-state index < -0.39 is 20.0 Å². The van der Waals surface area contributed by atoms with Crippen molar-refractivity contribution in [2.24, 2.45) is 11.1 Å². The molecule has 0 bridgehead atoms. The molecule has 0 aliphatic heterocycles. The van der Waals surface area contributed by atoms with E-state index in [2.05, 4.69) is 4.72 Å². The second-order valence-electron chi connectivity index (χ2n) is 4.40. The quantitative estimate of drug-likeness (QED) is 0.822. The van der Waals surface area contributed by atoms with E-state index in [1.165, 1.54) is 24.3 Å². The summed E-state index contributed by atoms with van der Waals surface area (Å²) in [6.07, 6.45) is 1.90. The first kappa shape index (κ1) is 13.3. The first-order valence-corrected chi connectivity index (χ1v) is 8.59. The summed E-state index contributed by atoms with van der Waals surface area (Å²) in [5.74, 6) is 0.371. The van der Waals surface area contributed by atoms with Crippen LogP contribution < -0.4 is 9.86 Å². The van der Waals surface area contributed by atoms with Crippen molar-refractivity contribution in [3.8, 4) is 0 Å². The summed E-state index contributed by atoms with van der Waals surface area (Å²) in [6, 6.07) is 5.29. The predicted molar refractivity (Wildman–Crippen MR) is 67.9 cm³/mol. The van der Waals surface area contributed by atoms with Crippen LogP contribution in [-0.2, 0) is 20.0 Å². The lowest BCUT2D eigenvalue weighted by Gasteiger charge is -2.07. The molecule has 3 N–H and O–H groups in total. The van der Waals surface area contributed by atoms with Gasteiger partial charge in [0.25, 0.3) is 0 Å². The summed E-state index contributed by atoms with van der Waals surface area (Å²) in [6.45, 7) is 0. The molecule has 0 radical (unpaired) electrons. The summed E-state index contributed by atoms with van der Waals surface area (Å²) in [5, 5.41) is 4.94. The van der Waals surface area contributed by atoms with Crippen LogP contribution in [0, 0.1) is 5.92 Å². The Labute approximate surface area is 106 Å². The minimum Gasteiger partial charge on any atom is -0.284 e. The van der Waals surface area contributed by atoms with Gasteiger partial charge in [0.1, 0.15) is 0 Å². The Bertz CT molecular complexity index is 631. The first-order valence-electron chi connectivity index (χ1n) is 5.40.